The van der Waals surface area contributed by atoms with E-state index in [1.54, 1.807) is 18.2 Å². The van der Waals surface area contributed by atoms with Crippen LogP contribution in [0.25, 0.3) is 11.3 Å². The van der Waals surface area contributed by atoms with Gasteiger partial charge in [-0.3, -0.25) is 4.98 Å². The van der Waals surface area contributed by atoms with Crippen LogP contribution in [0.5, 0.6) is 0 Å². The number of hydrogen-bond acceptors (Lipinski definition) is 2. The Morgan fingerprint density at radius 1 is 1.14 bits per heavy atom. The van der Waals surface area contributed by atoms with Crippen LogP contribution >= 0.6 is 11.6 Å². The molecule has 0 amide bonds. The minimum absolute atomic E-state index is 0.515. The number of pyridine rings is 2. The molecule has 2 nitrogen and oxygen atoms in total. The van der Waals surface area contributed by atoms with Crippen molar-refractivity contribution in [3.8, 4) is 11.3 Å². The van der Waals surface area contributed by atoms with Crippen molar-refractivity contribution < 1.29 is 4.39 Å². The molecular weight excluding hydrogens is 203 g/mol. The molecule has 0 aliphatic heterocycles. The highest BCUT2D eigenvalue weighted by atomic mass is 35.5. The zero-order valence-corrected chi connectivity index (χ0v) is 7.87. The number of aromatic nitrogens is 2. The second kappa shape index (κ2) is 3.72. The third kappa shape index (κ3) is 1.88. The summed E-state index contributed by atoms with van der Waals surface area (Å²) >= 11 is 5.68. The largest absolute Gasteiger partial charge is 0.255 e. The topological polar surface area (TPSA) is 25.8 Å². The van der Waals surface area contributed by atoms with E-state index in [0.717, 1.165) is 0 Å². The summed E-state index contributed by atoms with van der Waals surface area (Å²) in [7, 11) is 0. The highest BCUT2D eigenvalue weighted by Gasteiger charge is 2.00. The second-order valence-electron chi connectivity index (χ2n) is 2.73. The minimum atomic E-state index is -0.515. The molecule has 0 aliphatic carbocycles. The average molecular weight is 209 g/mol. The van der Waals surface area contributed by atoms with E-state index < -0.39 is 5.95 Å². The average Bonchev–Trinajstić information content (AvgIpc) is 2.19. The molecule has 2 aromatic rings. The fourth-order valence-corrected chi connectivity index (χ4v) is 1.22. The molecule has 0 N–H and O–H groups in total. The zero-order valence-electron chi connectivity index (χ0n) is 7.11. The Morgan fingerprint density at radius 3 is 2.64 bits per heavy atom. The Hall–Kier alpha value is -1.48. The van der Waals surface area contributed by atoms with Crippen molar-refractivity contribution in [1.82, 2.24) is 9.97 Å². The van der Waals surface area contributed by atoms with Crippen LogP contribution in [0.15, 0.2) is 36.7 Å². The van der Waals surface area contributed by atoms with E-state index in [1.807, 2.05) is 0 Å². The Kier molecular flexibility index (Phi) is 2.41. The molecule has 2 heterocycles. The van der Waals surface area contributed by atoms with Crippen molar-refractivity contribution >= 4 is 11.6 Å². The van der Waals surface area contributed by atoms with Crippen LogP contribution in [0.4, 0.5) is 4.39 Å². The molecule has 0 aromatic carbocycles. The standard InChI is InChI=1S/C10H6ClFN2/c11-8-1-2-9(14-6-8)7-3-4-13-10(12)5-7/h1-6H. The third-order valence-electron chi connectivity index (χ3n) is 1.75. The van der Waals surface area contributed by atoms with Gasteiger partial charge in [-0.1, -0.05) is 11.6 Å². The Balaban J connectivity index is 2.44. The van der Waals surface area contributed by atoms with Crippen LogP contribution in [0, 0.1) is 5.95 Å². The van der Waals surface area contributed by atoms with Crippen molar-refractivity contribution in [2.75, 3.05) is 0 Å². The Labute approximate surface area is 85.4 Å². The van der Waals surface area contributed by atoms with Gasteiger partial charge in [0.25, 0.3) is 0 Å². The first-order valence-corrected chi connectivity index (χ1v) is 4.37. The third-order valence-corrected chi connectivity index (χ3v) is 1.97. The van der Waals surface area contributed by atoms with Crippen molar-refractivity contribution in [2.24, 2.45) is 0 Å². The Bertz CT molecular complexity index is 442. The van der Waals surface area contributed by atoms with E-state index in [9.17, 15) is 4.39 Å². The van der Waals surface area contributed by atoms with Gasteiger partial charge in [0, 0.05) is 24.0 Å². The first kappa shape index (κ1) is 9.09. The predicted molar refractivity (Wildman–Crippen MR) is 52.4 cm³/mol. The number of hydrogen-bond donors (Lipinski definition) is 0. The molecule has 0 spiro atoms. The minimum Gasteiger partial charge on any atom is -0.255 e. The van der Waals surface area contributed by atoms with Gasteiger partial charge >= 0.3 is 0 Å². The summed E-state index contributed by atoms with van der Waals surface area (Å²) in [5, 5.41) is 0.559. The fraction of sp³-hybridized carbons (Fsp3) is 0. The van der Waals surface area contributed by atoms with E-state index in [4.69, 9.17) is 11.6 Å². The fourth-order valence-electron chi connectivity index (χ4n) is 1.11. The molecule has 0 unspecified atom stereocenters. The highest BCUT2D eigenvalue weighted by Crippen LogP contribution is 2.18. The summed E-state index contributed by atoms with van der Waals surface area (Å²) in [6.45, 7) is 0. The van der Waals surface area contributed by atoms with Crippen LogP contribution in [0.1, 0.15) is 0 Å². The van der Waals surface area contributed by atoms with Crippen LogP contribution in [0.3, 0.4) is 0 Å². The van der Waals surface area contributed by atoms with Crippen molar-refractivity contribution in [3.05, 3.63) is 47.6 Å². The normalized spacial score (nSPS) is 10.1. The lowest BCUT2D eigenvalue weighted by molar-refractivity contribution is 0.584. The van der Waals surface area contributed by atoms with E-state index >= 15 is 0 Å². The number of nitrogens with zero attached hydrogens (tertiary/aromatic N) is 2. The summed E-state index contributed by atoms with van der Waals surface area (Å²) in [5.74, 6) is -0.515. The molecule has 2 aromatic heterocycles. The molecule has 0 saturated carbocycles. The van der Waals surface area contributed by atoms with E-state index in [2.05, 4.69) is 9.97 Å². The summed E-state index contributed by atoms with van der Waals surface area (Å²) in [6, 6.07) is 6.47. The molecule has 70 valence electrons. The van der Waals surface area contributed by atoms with E-state index in [-0.39, 0.29) is 0 Å². The monoisotopic (exact) mass is 208 g/mol. The lowest BCUT2D eigenvalue weighted by Crippen LogP contribution is -1.86. The molecule has 0 fully saturated rings. The quantitative estimate of drug-likeness (QED) is 0.674. The van der Waals surface area contributed by atoms with Crippen LogP contribution in [0.2, 0.25) is 5.02 Å². The summed E-state index contributed by atoms with van der Waals surface area (Å²) in [6.07, 6.45) is 2.93. The highest BCUT2D eigenvalue weighted by molar-refractivity contribution is 6.30. The smallest absolute Gasteiger partial charge is 0.213 e. The molecular formula is C10H6ClFN2. The van der Waals surface area contributed by atoms with E-state index in [0.29, 0.717) is 16.3 Å². The molecule has 0 bridgehead atoms. The summed E-state index contributed by atoms with van der Waals surface area (Å²) in [5.41, 5.74) is 1.37. The molecule has 14 heavy (non-hydrogen) atoms. The second-order valence-corrected chi connectivity index (χ2v) is 3.17. The maximum absolute atomic E-state index is 12.8. The van der Waals surface area contributed by atoms with Gasteiger partial charge in [0.05, 0.1) is 10.7 Å². The van der Waals surface area contributed by atoms with Crippen LogP contribution < -0.4 is 0 Å². The van der Waals surface area contributed by atoms with E-state index in [1.165, 1.54) is 18.5 Å². The zero-order chi connectivity index (χ0) is 9.97. The first-order chi connectivity index (χ1) is 6.75. The van der Waals surface area contributed by atoms with Crippen molar-refractivity contribution in [3.63, 3.8) is 0 Å². The van der Waals surface area contributed by atoms with Gasteiger partial charge in [0.2, 0.25) is 5.95 Å². The van der Waals surface area contributed by atoms with Gasteiger partial charge < -0.3 is 0 Å². The number of rotatable bonds is 1. The molecule has 0 radical (unpaired) electrons. The molecule has 0 aliphatic rings. The molecule has 0 atom stereocenters. The lowest BCUT2D eigenvalue weighted by Gasteiger charge is -1.99. The Morgan fingerprint density at radius 2 is 2.00 bits per heavy atom. The molecule has 4 heteroatoms. The number of halogens is 2. The van der Waals surface area contributed by atoms with Crippen molar-refractivity contribution in [2.45, 2.75) is 0 Å². The summed E-state index contributed by atoms with van der Waals surface area (Å²) in [4.78, 5) is 7.53. The maximum atomic E-state index is 12.8. The maximum Gasteiger partial charge on any atom is 0.213 e. The van der Waals surface area contributed by atoms with Gasteiger partial charge in [0.15, 0.2) is 0 Å². The van der Waals surface area contributed by atoms with Crippen LogP contribution in [-0.4, -0.2) is 9.97 Å². The van der Waals surface area contributed by atoms with Gasteiger partial charge in [-0.15, -0.1) is 0 Å². The van der Waals surface area contributed by atoms with Gasteiger partial charge in [-0.2, -0.15) is 4.39 Å². The van der Waals surface area contributed by atoms with Crippen LogP contribution in [-0.2, 0) is 0 Å². The van der Waals surface area contributed by atoms with Gasteiger partial charge in [-0.25, -0.2) is 4.98 Å². The SMILES string of the molecule is Fc1cc(-c2ccc(Cl)cn2)ccn1. The first-order valence-electron chi connectivity index (χ1n) is 3.99. The van der Waals surface area contributed by atoms with Gasteiger partial charge in [-0.05, 0) is 18.2 Å². The predicted octanol–water partition coefficient (Wildman–Crippen LogP) is 2.94. The van der Waals surface area contributed by atoms with Crippen molar-refractivity contribution in [1.29, 1.82) is 0 Å². The molecule has 2 rings (SSSR count). The summed E-state index contributed by atoms with van der Waals surface area (Å²) < 4.78 is 12.8. The van der Waals surface area contributed by atoms with Gasteiger partial charge in [0.1, 0.15) is 0 Å². The lowest BCUT2D eigenvalue weighted by atomic mass is 10.2. The molecule has 0 saturated heterocycles.